The molecule has 6 heteroatoms. The molecule has 0 saturated carbocycles. The summed E-state index contributed by atoms with van der Waals surface area (Å²) in [5, 5.41) is 10.4. The Labute approximate surface area is 157 Å². The number of hydrogen-bond acceptors (Lipinski definition) is 4. The van der Waals surface area contributed by atoms with E-state index < -0.39 is 0 Å². The van der Waals surface area contributed by atoms with E-state index in [1.807, 2.05) is 79.7 Å². The van der Waals surface area contributed by atoms with E-state index in [1.54, 1.807) is 4.68 Å². The zero-order valence-electron chi connectivity index (χ0n) is 14.8. The average Bonchev–Trinajstić information content (AvgIpc) is 3.15. The van der Waals surface area contributed by atoms with Gasteiger partial charge in [-0.15, -0.1) is 0 Å². The number of hydrogen-bond donors (Lipinski definition) is 2. The molecule has 0 saturated heterocycles. The number of fused-ring (bicyclic) bond motifs is 1. The van der Waals surface area contributed by atoms with Gasteiger partial charge in [-0.3, -0.25) is 4.79 Å². The summed E-state index contributed by atoms with van der Waals surface area (Å²) in [6.07, 6.45) is 5.44. The lowest BCUT2D eigenvalue weighted by molar-refractivity contribution is -0.113. The minimum absolute atomic E-state index is 0.171. The highest BCUT2D eigenvalue weighted by atomic mass is 16.1. The van der Waals surface area contributed by atoms with Gasteiger partial charge in [-0.1, -0.05) is 60.7 Å². The van der Waals surface area contributed by atoms with Crippen LogP contribution >= 0.6 is 0 Å². The second-order valence-corrected chi connectivity index (χ2v) is 6.23. The van der Waals surface area contributed by atoms with Crippen molar-refractivity contribution in [3.8, 4) is 0 Å². The molecule has 1 atom stereocenters. The minimum atomic E-state index is -0.354. The fourth-order valence-electron chi connectivity index (χ4n) is 3.09. The quantitative estimate of drug-likeness (QED) is 0.743. The first kappa shape index (κ1) is 16.8. The Hall–Kier alpha value is -3.67. The number of anilines is 2. The molecule has 1 aliphatic rings. The van der Waals surface area contributed by atoms with E-state index in [4.69, 9.17) is 0 Å². The van der Waals surface area contributed by atoms with Gasteiger partial charge in [0.25, 0.3) is 5.91 Å². The maximum Gasteiger partial charge on any atom is 0.255 e. The number of carbonyl (C=O) groups is 1. The monoisotopic (exact) mass is 357 g/mol. The Bertz CT molecular complexity index is 1010. The van der Waals surface area contributed by atoms with Gasteiger partial charge in [0, 0.05) is 11.4 Å². The third-order valence-electron chi connectivity index (χ3n) is 4.38. The number of amides is 1. The zero-order chi connectivity index (χ0) is 18.6. The number of allylic oxidation sites excluding steroid dienone is 2. The molecule has 4 rings (SSSR count). The largest absolute Gasteiger partial charge is 0.328 e. The van der Waals surface area contributed by atoms with Crippen LogP contribution in [-0.4, -0.2) is 20.7 Å². The van der Waals surface area contributed by atoms with Gasteiger partial charge in [-0.25, -0.2) is 4.68 Å². The Kier molecular flexibility index (Phi) is 4.53. The highest BCUT2D eigenvalue weighted by Crippen LogP contribution is 2.31. The molecule has 6 nitrogen and oxygen atoms in total. The molecule has 2 heterocycles. The number of para-hydroxylation sites is 1. The van der Waals surface area contributed by atoms with E-state index in [-0.39, 0.29) is 11.9 Å². The maximum atomic E-state index is 13.0. The van der Waals surface area contributed by atoms with Crippen molar-refractivity contribution in [2.45, 2.75) is 13.0 Å². The molecular formula is C21H19N5O. The first-order chi connectivity index (χ1) is 13.2. The SMILES string of the molecule is CC1=C(C(=O)Nc2ccccc2)[C@H](/C=C/c2ccccc2)n2ncnc2N1. The van der Waals surface area contributed by atoms with Crippen LogP contribution < -0.4 is 10.6 Å². The molecule has 27 heavy (non-hydrogen) atoms. The molecule has 0 bridgehead atoms. The summed E-state index contributed by atoms with van der Waals surface area (Å²) in [6.45, 7) is 1.88. The van der Waals surface area contributed by atoms with E-state index in [2.05, 4.69) is 20.7 Å². The average molecular weight is 357 g/mol. The number of nitrogens with zero attached hydrogens (tertiary/aromatic N) is 3. The predicted molar refractivity (Wildman–Crippen MR) is 106 cm³/mol. The topological polar surface area (TPSA) is 71.8 Å². The van der Waals surface area contributed by atoms with Gasteiger partial charge < -0.3 is 10.6 Å². The zero-order valence-corrected chi connectivity index (χ0v) is 14.8. The van der Waals surface area contributed by atoms with Gasteiger partial charge in [0.05, 0.1) is 5.57 Å². The highest BCUT2D eigenvalue weighted by molar-refractivity contribution is 6.05. The summed E-state index contributed by atoms with van der Waals surface area (Å²) in [5.41, 5.74) is 3.16. The number of carbonyl (C=O) groups excluding carboxylic acids is 1. The fourth-order valence-corrected chi connectivity index (χ4v) is 3.09. The third kappa shape index (κ3) is 3.50. The van der Waals surface area contributed by atoms with Gasteiger partial charge >= 0.3 is 0 Å². The molecular weight excluding hydrogens is 338 g/mol. The summed E-state index contributed by atoms with van der Waals surface area (Å²) < 4.78 is 1.71. The fraction of sp³-hybridized carbons (Fsp3) is 0.0952. The smallest absolute Gasteiger partial charge is 0.255 e. The second kappa shape index (κ2) is 7.29. The summed E-state index contributed by atoms with van der Waals surface area (Å²) in [5.74, 6) is 0.446. The van der Waals surface area contributed by atoms with Crippen LogP contribution in [-0.2, 0) is 4.79 Å². The molecule has 1 amide bonds. The Morgan fingerprint density at radius 3 is 2.56 bits per heavy atom. The van der Waals surface area contributed by atoms with Crippen molar-refractivity contribution in [3.63, 3.8) is 0 Å². The summed E-state index contributed by atoms with van der Waals surface area (Å²) in [7, 11) is 0. The van der Waals surface area contributed by atoms with Crippen LogP contribution in [0.4, 0.5) is 11.6 Å². The Morgan fingerprint density at radius 1 is 1.11 bits per heavy atom. The van der Waals surface area contributed by atoms with Gasteiger partial charge in [0.2, 0.25) is 5.95 Å². The van der Waals surface area contributed by atoms with E-state index in [0.717, 1.165) is 16.9 Å². The molecule has 1 aliphatic heterocycles. The van der Waals surface area contributed by atoms with Crippen LogP contribution in [0.3, 0.4) is 0 Å². The van der Waals surface area contributed by atoms with Crippen LogP contribution in [0, 0.1) is 0 Å². The van der Waals surface area contributed by atoms with E-state index in [0.29, 0.717) is 11.5 Å². The van der Waals surface area contributed by atoms with Gasteiger partial charge in [0.15, 0.2) is 0 Å². The van der Waals surface area contributed by atoms with Gasteiger partial charge in [-0.2, -0.15) is 10.1 Å². The summed E-state index contributed by atoms with van der Waals surface area (Å²) in [4.78, 5) is 17.3. The molecule has 0 aliphatic carbocycles. The van der Waals surface area contributed by atoms with Crippen LogP contribution in [0.15, 0.2) is 84.3 Å². The number of benzene rings is 2. The lowest BCUT2D eigenvalue weighted by Crippen LogP contribution is -2.30. The minimum Gasteiger partial charge on any atom is -0.328 e. The molecule has 2 aromatic carbocycles. The van der Waals surface area contributed by atoms with Crippen molar-refractivity contribution in [2.75, 3.05) is 10.6 Å². The first-order valence-corrected chi connectivity index (χ1v) is 8.69. The van der Waals surface area contributed by atoms with Crippen molar-refractivity contribution in [3.05, 3.63) is 89.9 Å². The first-order valence-electron chi connectivity index (χ1n) is 8.69. The van der Waals surface area contributed by atoms with Crippen molar-refractivity contribution in [1.29, 1.82) is 0 Å². The van der Waals surface area contributed by atoms with Crippen LogP contribution in [0.1, 0.15) is 18.5 Å². The Morgan fingerprint density at radius 2 is 1.81 bits per heavy atom. The summed E-state index contributed by atoms with van der Waals surface area (Å²) >= 11 is 0. The van der Waals surface area contributed by atoms with Gasteiger partial charge in [-0.05, 0) is 24.6 Å². The van der Waals surface area contributed by atoms with Crippen molar-refractivity contribution >= 4 is 23.6 Å². The summed E-state index contributed by atoms with van der Waals surface area (Å²) in [6, 6.07) is 19.0. The normalized spacial score (nSPS) is 16.1. The van der Waals surface area contributed by atoms with Crippen molar-refractivity contribution in [1.82, 2.24) is 14.8 Å². The lowest BCUT2D eigenvalue weighted by Gasteiger charge is -2.26. The predicted octanol–water partition coefficient (Wildman–Crippen LogP) is 3.87. The second-order valence-electron chi connectivity index (χ2n) is 6.23. The van der Waals surface area contributed by atoms with E-state index in [1.165, 1.54) is 6.33 Å². The van der Waals surface area contributed by atoms with Crippen LogP contribution in [0.2, 0.25) is 0 Å². The molecule has 0 spiro atoms. The molecule has 0 unspecified atom stereocenters. The molecule has 134 valence electrons. The molecule has 0 radical (unpaired) electrons. The molecule has 2 N–H and O–H groups in total. The van der Waals surface area contributed by atoms with Crippen LogP contribution in [0.5, 0.6) is 0 Å². The Balaban J connectivity index is 1.68. The van der Waals surface area contributed by atoms with E-state index in [9.17, 15) is 4.79 Å². The molecule has 0 fully saturated rings. The molecule has 1 aromatic heterocycles. The van der Waals surface area contributed by atoms with E-state index >= 15 is 0 Å². The highest BCUT2D eigenvalue weighted by Gasteiger charge is 2.30. The lowest BCUT2D eigenvalue weighted by atomic mass is 10.0. The van der Waals surface area contributed by atoms with Gasteiger partial charge in [0.1, 0.15) is 12.4 Å². The van der Waals surface area contributed by atoms with Crippen molar-refractivity contribution < 1.29 is 4.79 Å². The molecule has 3 aromatic rings. The van der Waals surface area contributed by atoms with Crippen molar-refractivity contribution in [2.24, 2.45) is 0 Å². The third-order valence-corrected chi connectivity index (χ3v) is 4.38. The number of rotatable bonds is 4. The number of aromatic nitrogens is 3. The van der Waals surface area contributed by atoms with Crippen LogP contribution in [0.25, 0.3) is 6.08 Å². The number of nitrogens with one attached hydrogen (secondary N) is 2. The maximum absolute atomic E-state index is 13.0. The standard InChI is InChI=1S/C21H19N5O/c1-15-19(20(27)25-17-10-6-3-7-11-17)18(26-21(24-15)22-14-23-26)13-12-16-8-4-2-5-9-16/h2-14,18H,1H3,(H,25,27)(H,22,23,24)/b13-12+/t18-/m0/s1.